The molecule has 5 heteroatoms. The number of carbonyl (C=O) groups is 2. The molecular weight excluding hydrogens is 246 g/mol. The van der Waals surface area contributed by atoms with Crippen LogP contribution in [-0.2, 0) is 14.3 Å². The third-order valence-corrected chi connectivity index (χ3v) is 3.44. The summed E-state index contributed by atoms with van der Waals surface area (Å²) in [6, 6.07) is 6.00. The van der Waals surface area contributed by atoms with Crippen molar-refractivity contribution in [3.8, 4) is 5.75 Å². The molecule has 1 aliphatic heterocycles. The van der Waals surface area contributed by atoms with Gasteiger partial charge in [-0.25, -0.2) is 4.79 Å². The second kappa shape index (κ2) is 5.30. The molecule has 0 radical (unpaired) electrons. The minimum absolute atomic E-state index is 0.0730. The fourth-order valence-electron chi connectivity index (χ4n) is 2.44. The number of ether oxygens (including phenoxy) is 1. The van der Waals surface area contributed by atoms with Crippen molar-refractivity contribution in [3.05, 3.63) is 29.8 Å². The largest absolute Gasteiger partial charge is 0.508 e. The Morgan fingerprint density at radius 3 is 2.63 bits per heavy atom. The fourth-order valence-corrected chi connectivity index (χ4v) is 2.44. The Labute approximate surface area is 111 Å². The van der Waals surface area contributed by atoms with E-state index < -0.39 is 6.04 Å². The van der Waals surface area contributed by atoms with Crippen molar-refractivity contribution in [3.63, 3.8) is 0 Å². The van der Waals surface area contributed by atoms with Crippen LogP contribution >= 0.6 is 0 Å². The van der Waals surface area contributed by atoms with Gasteiger partial charge in [-0.2, -0.15) is 0 Å². The zero-order chi connectivity index (χ0) is 14.0. The van der Waals surface area contributed by atoms with Crippen LogP contribution in [0.3, 0.4) is 0 Å². The lowest BCUT2D eigenvalue weighted by Crippen LogP contribution is -2.39. The van der Waals surface area contributed by atoms with Crippen molar-refractivity contribution >= 4 is 11.9 Å². The second-order valence-electron chi connectivity index (χ2n) is 4.60. The van der Waals surface area contributed by atoms with Crippen molar-refractivity contribution in [2.45, 2.75) is 25.3 Å². The molecule has 2 atom stereocenters. The topological polar surface area (TPSA) is 66.8 Å². The Morgan fingerprint density at radius 2 is 2.05 bits per heavy atom. The van der Waals surface area contributed by atoms with E-state index in [0.717, 1.165) is 5.56 Å². The number of carbonyl (C=O) groups excluding carboxylic acids is 2. The van der Waals surface area contributed by atoms with Crippen molar-refractivity contribution in [2.24, 2.45) is 0 Å². The van der Waals surface area contributed by atoms with Gasteiger partial charge in [-0.05, 0) is 24.6 Å². The van der Waals surface area contributed by atoms with Gasteiger partial charge in [-0.15, -0.1) is 0 Å². The SMILES string of the molecule is CCOC(=O)C1C(c2ccc(O)cc2)CC(=O)N1C. The van der Waals surface area contributed by atoms with Gasteiger partial charge in [0.05, 0.1) is 6.61 Å². The highest BCUT2D eigenvalue weighted by Gasteiger charge is 2.43. The molecule has 1 saturated heterocycles. The molecule has 5 nitrogen and oxygen atoms in total. The molecule has 0 aromatic heterocycles. The number of amides is 1. The first-order valence-corrected chi connectivity index (χ1v) is 6.25. The predicted octanol–water partition coefficient (Wildman–Crippen LogP) is 1.27. The molecule has 1 amide bonds. The molecule has 0 spiro atoms. The number of hydrogen-bond acceptors (Lipinski definition) is 4. The molecule has 2 rings (SSSR count). The first-order valence-electron chi connectivity index (χ1n) is 6.25. The van der Waals surface area contributed by atoms with E-state index in [1.807, 2.05) is 0 Å². The molecule has 1 aromatic rings. The fraction of sp³-hybridized carbons (Fsp3) is 0.429. The van der Waals surface area contributed by atoms with E-state index in [0.29, 0.717) is 6.61 Å². The molecule has 1 fully saturated rings. The number of esters is 1. The van der Waals surface area contributed by atoms with Crippen LogP contribution in [0.5, 0.6) is 5.75 Å². The number of nitrogens with zero attached hydrogens (tertiary/aromatic N) is 1. The molecule has 19 heavy (non-hydrogen) atoms. The number of likely N-dealkylation sites (tertiary alicyclic amines) is 1. The van der Waals surface area contributed by atoms with Crippen LogP contribution in [0.15, 0.2) is 24.3 Å². The van der Waals surface area contributed by atoms with E-state index in [2.05, 4.69) is 0 Å². The lowest BCUT2D eigenvalue weighted by Gasteiger charge is -2.23. The molecule has 1 aromatic carbocycles. The van der Waals surface area contributed by atoms with Gasteiger partial charge in [0.15, 0.2) is 0 Å². The lowest BCUT2D eigenvalue weighted by atomic mass is 9.91. The Kier molecular flexibility index (Phi) is 3.74. The summed E-state index contributed by atoms with van der Waals surface area (Å²) in [6.45, 7) is 2.03. The standard InChI is InChI=1S/C14H17NO4/c1-3-19-14(18)13-11(8-12(17)15(13)2)9-4-6-10(16)7-5-9/h4-7,11,13,16H,3,8H2,1-2H3. The zero-order valence-corrected chi connectivity index (χ0v) is 11.0. The Morgan fingerprint density at radius 1 is 1.42 bits per heavy atom. The predicted molar refractivity (Wildman–Crippen MR) is 68.7 cm³/mol. The van der Waals surface area contributed by atoms with Crippen molar-refractivity contribution in [1.82, 2.24) is 4.90 Å². The van der Waals surface area contributed by atoms with Gasteiger partial charge in [0.1, 0.15) is 11.8 Å². The normalized spacial score (nSPS) is 22.6. The summed E-state index contributed by atoms with van der Waals surface area (Å²) >= 11 is 0. The second-order valence-corrected chi connectivity index (χ2v) is 4.60. The highest BCUT2D eigenvalue weighted by molar-refractivity contribution is 5.90. The van der Waals surface area contributed by atoms with E-state index in [-0.39, 0.29) is 30.0 Å². The highest BCUT2D eigenvalue weighted by atomic mass is 16.5. The number of likely N-dealkylation sites (N-methyl/N-ethyl adjacent to an activating group) is 1. The Bertz CT molecular complexity index is 483. The average molecular weight is 263 g/mol. The van der Waals surface area contributed by atoms with E-state index in [4.69, 9.17) is 4.74 Å². The number of phenols is 1. The zero-order valence-electron chi connectivity index (χ0n) is 11.0. The Balaban J connectivity index is 2.29. The lowest BCUT2D eigenvalue weighted by molar-refractivity contribution is -0.150. The van der Waals surface area contributed by atoms with Gasteiger partial charge in [0.25, 0.3) is 0 Å². The summed E-state index contributed by atoms with van der Waals surface area (Å²) in [5.41, 5.74) is 0.855. The summed E-state index contributed by atoms with van der Waals surface area (Å²) in [5, 5.41) is 9.29. The summed E-state index contributed by atoms with van der Waals surface area (Å²) in [4.78, 5) is 25.2. The highest BCUT2D eigenvalue weighted by Crippen LogP contribution is 2.34. The number of hydrogen-bond donors (Lipinski definition) is 1. The summed E-state index contributed by atoms with van der Waals surface area (Å²) in [7, 11) is 1.62. The van der Waals surface area contributed by atoms with Gasteiger partial charge in [-0.1, -0.05) is 12.1 Å². The Hall–Kier alpha value is -2.04. The maximum atomic E-state index is 12.0. The molecule has 0 aliphatic carbocycles. The third-order valence-electron chi connectivity index (χ3n) is 3.44. The van der Waals surface area contributed by atoms with Crippen LogP contribution in [0.2, 0.25) is 0 Å². The van der Waals surface area contributed by atoms with Crippen molar-refractivity contribution in [1.29, 1.82) is 0 Å². The number of benzene rings is 1. The van der Waals surface area contributed by atoms with Gasteiger partial charge >= 0.3 is 5.97 Å². The first-order chi connectivity index (χ1) is 9.04. The summed E-state index contributed by atoms with van der Waals surface area (Å²) in [5.74, 6) is -0.517. The smallest absolute Gasteiger partial charge is 0.329 e. The van der Waals surface area contributed by atoms with Crippen LogP contribution in [0.25, 0.3) is 0 Å². The van der Waals surface area contributed by atoms with E-state index >= 15 is 0 Å². The van der Waals surface area contributed by atoms with Crippen LogP contribution in [0.4, 0.5) is 0 Å². The minimum Gasteiger partial charge on any atom is -0.508 e. The van der Waals surface area contributed by atoms with Gasteiger partial charge in [0, 0.05) is 19.4 Å². The number of phenolic OH excluding ortho intramolecular Hbond substituents is 1. The van der Waals surface area contributed by atoms with E-state index in [1.165, 1.54) is 4.90 Å². The molecule has 0 saturated carbocycles. The van der Waals surface area contributed by atoms with Gasteiger partial charge in [-0.3, -0.25) is 4.79 Å². The maximum Gasteiger partial charge on any atom is 0.329 e. The number of aromatic hydroxyl groups is 1. The van der Waals surface area contributed by atoms with Gasteiger partial charge < -0.3 is 14.7 Å². The molecule has 2 unspecified atom stereocenters. The van der Waals surface area contributed by atoms with Crippen molar-refractivity contribution < 1.29 is 19.4 Å². The van der Waals surface area contributed by atoms with Crippen LogP contribution < -0.4 is 0 Å². The van der Waals surface area contributed by atoms with E-state index in [1.54, 1.807) is 38.2 Å². The third kappa shape index (κ3) is 2.54. The minimum atomic E-state index is -0.586. The molecule has 1 N–H and O–H groups in total. The molecule has 1 heterocycles. The quantitative estimate of drug-likeness (QED) is 0.834. The van der Waals surface area contributed by atoms with Crippen LogP contribution in [0, 0.1) is 0 Å². The van der Waals surface area contributed by atoms with Gasteiger partial charge in [0.2, 0.25) is 5.91 Å². The molecule has 0 bridgehead atoms. The molecular formula is C14H17NO4. The molecule has 1 aliphatic rings. The summed E-state index contributed by atoms with van der Waals surface area (Å²) in [6.07, 6.45) is 0.282. The van der Waals surface area contributed by atoms with Crippen LogP contribution in [-0.4, -0.2) is 41.6 Å². The molecule has 102 valence electrons. The number of rotatable bonds is 3. The average Bonchev–Trinajstić information content (AvgIpc) is 2.67. The van der Waals surface area contributed by atoms with Crippen molar-refractivity contribution in [2.75, 3.05) is 13.7 Å². The first kappa shape index (κ1) is 13.4. The summed E-state index contributed by atoms with van der Waals surface area (Å²) < 4.78 is 5.04. The van der Waals surface area contributed by atoms with E-state index in [9.17, 15) is 14.7 Å². The maximum absolute atomic E-state index is 12.0. The monoisotopic (exact) mass is 263 g/mol. The van der Waals surface area contributed by atoms with Crippen LogP contribution in [0.1, 0.15) is 24.8 Å².